The van der Waals surface area contributed by atoms with E-state index in [1.807, 2.05) is 0 Å². The molecule has 0 bridgehead atoms. The van der Waals surface area contributed by atoms with Gasteiger partial charge in [0.25, 0.3) is 0 Å². The summed E-state index contributed by atoms with van der Waals surface area (Å²) in [5.41, 5.74) is 1.07. The van der Waals surface area contributed by atoms with Crippen molar-refractivity contribution in [1.82, 2.24) is 0 Å². The van der Waals surface area contributed by atoms with Crippen LogP contribution in [0, 0.1) is 10.8 Å². The second kappa shape index (κ2) is 3.86. The van der Waals surface area contributed by atoms with Gasteiger partial charge < -0.3 is 0 Å². The second-order valence-electron chi connectivity index (χ2n) is 4.65. The van der Waals surface area contributed by atoms with E-state index in [1.54, 1.807) is 0 Å². The predicted molar refractivity (Wildman–Crippen MR) is 59.8 cm³/mol. The van der Waals surface area contributed by atoms with Crippen molar-refractivity contribution in [2.24, 2.45) is 10.8 Å². The summed E-state index contributed by atoms with van der Waals surface area (Å²) in [6.07, 6.45) is 11.6. The minimum atomic E-state index is 0.534. The standard InChI is InChI=1S/C13H24/c1-5-12(6-2)9-10-13(7-3,8-4)11-12/h9-10H,5-8,11H2,1-4H3. The van der Waals surface area contributed by atoms with E-state index in [2.05, 4.69) is 39.8 Å². The van der Waals surface area contributed by atoms with Gasteiger partial charge in [0.05, 0.1) is 0 Å². The van der Waals surface area contributed by atoms with E-state index in [0.29, 0.717) is 10.8 Å². The molecule has 13 heavy (non-hydrogen) atoms. The summed E-state index contributed by atoms with van der Waals surface area (Å²) in [5, 5.41) is 0. The van der Waals surface area contributed by atoms with Crippen LogP contribution < -0.4 is 0 Å². The first-order valence-corrected chi connectivity index (χ1v) is 5.86. The molecular weight excluding hydrogens is 156 g/mol. The maximum atomic E-state index is 2.50. The van der Waals surface area contributed by atoms with Gasteiger partial charge in [-0.05, 0) is 42.9 Å². The average molecular weight is 180 g/mol. The molecule has 0 nitrogen and oxygen atoms in total. The van der Waals surface area contributed by atoms with Crippen molar-refractivity contribution in [3.63, 3.8) is 0 Å². The van der Waals surface area contributed by atoms with Crippen LogP contribution in [0.4, 0.5) is 0 Å². The fraction of sp³-hybridized carbons (Fsp3) is 0.846. The first-order chi connectivity index (χ1) is 6.16. The molecule has 1 aliphatic carbocycles. The summed E-state index contributed by atoms with van der Waals surface area (Å²) in [5.74, 6) is 0. The Hall–Kier alpha value is -0.260. The lowest BCUT2D eigenvalue weighted by molar-refractivity contribution is 0.223. The average Bonchev–Trinajstić information content (AvgIpc) is 2.59. The monoisotopic (exact) mass is 180 g/mol. The van der Waals surface area contributed by atoms with Crippen LogP contribution in [-0.2, 0) is 0 Å². The van der Waals surface area contributed by atoms with Crippen molar-refractivity contribution in [2.45, 2.75) is 59.8 Å². The lowest BCUT2D eigenvalue weighted by Crippen LogP contribution is -2.21. The molecule has 0 saturated carbocycles. The van der Waals surface area contributed by atoms with Crippen LogP contribution in [0.25, 0.3) is 0 Å². The highest BCUT2D eigenvalue weighted by atomic mass is 14.4. The Balaban J connectivity index is 2.77. The highest BCUT2D eigenvalue weighted by Crippen LogP contribution is 2.50. The Morgan fingerprint density at radius 3 is 1.23 bits per heavy atom. The zero-order valence-corrected chi connectivity index (χ0v) is 9.69. The van der Waals surface area contributed by atoms with Crippen LogP contribution in [-0.4, -0.2) is 0 Å². The molecule has 0 aliphatic heterocycles. The van der Waals surface area contributed by atoms with Crippen molar-refractivity contribution in [3.05, 3.63) is 12.2 Å². The van der Waals surface area contributed by atoms with Crippen LogP contribution in [0.5, 0.6) is 0 Å². The number of allylic oxidation sites excluding steroid dienone is 2. The minimum absolute atomic E-state index is 0.534. The van der Waals surface area contributed by atoms with Gasteiger partial charge in [-0.15, -0.1) is 0 Å². The molecule has 1 aliphatic rings. The number of rotatable bonds is 4. The van der Waals surface area contributed by atoms with Crippen LogP contribution in [0.2, 0.25) is 0 Å². The van der Waals surface area contributed by atoms with Gasteiger partial charge in [-0.3, -0.25) is 0 Å². The third kappa shape index (κ3) is 1.82. The molecule has 0 aromatic heterocycles. The molecule has 0 aromatic carbocycles. The van der Waals surface area contributed by atoms with Crippen molar-refractivity contribution in [1.29, 1.82) is 0 Å². The van der Waals surface area contributed by atoms with E-state index in [1.165, 1.54) is 32.1 Å². The molecule has 0 spiro atoms. The second-order valence-corrected chi connectivity index (χ2v) is 4.65. The van der Waals surface area contributed by atoms with E-state index in [0.717, 1.165) is 0 Å². The predicted octanol–water partition coefficient (Wildman–Crippen LogP) is 4.56. The van der Waals surface area contributed by atoms with Crippen LogP contribution in [0.3, 0.4) is 0 Å². The summed E-state index contributed by atoms with van der Waals surface area (Å²) in [6, 6.07) is 0. The lowest BCUT2D eigenvalue weighted by atomic mass is 9.72. The third-order valence-electron chi connectivity index (χ3n) is 4.31. The fourth-order valence-electron chi connectivity index (χ4n) is 2.64. The molecule has 0 saturated heterocycles. The van der Waals surface area contributed by atoms with Crippen LogP contribution in [0.15, 0.2) is 12.2 Å². The number of hydrogen-bond donors (Lipinski definition) is 0. The Morgan fingerprint density at radius 1 is 0.769 bits per heavy atom. The zero-order chi connectivity index (χ0) is 9.95. The first-order valence-electron chi connectivity index (χ1n) is 5.86. The van der Waals surface area contributed by atoms with Gasteiger partial charge in [0.1, 0.15) is 0 Å². The highest BCUT2D eigenvalue weighted by Gasteiger charge is 2.39. The first kappa shape index (κ1) is 10.8. The molecule has 0 aromatic rings. The molecule has 0 atom stereocenters. The summed E-state index contributed by atoms with van der Waals surface area (Å²) >= 11 is 0. The van der Waals surface area contributed by atoms with Gasteiger partial charge in [-0.25, -0.2) is 0 Å². The molecule has 0 heteroatoms. The largest absolute Gasteiger partial charge is 0.0817 e. The summed E-state index contributed by atoms with van der Waals surface area (Å²) in [4.78, 5) is 0. The number of hydrogen-bond acceptors (Lipinski definition) is 0. The molecule has 0 radical (unpaired) electrons. The van der Waals surface area contributed by atoms with Crippen LogP contribution >= 0.6 is 0 Å². The van der Waals surface area contributed by atoms with Crippen molar-refractivity contribution < 1.29 is 0 Å². The van der Waals surface area contributed by atoms with E-state index in [-0.39, 0.29) is 0 Å². The van der Waals surface area contributed by atoms with Gasteiger partial charge in [0.15, 0.2) is 0 Å². The zero-order valence-electron chi connectivity index (χ0n) is 9.69. The molecule has 1 rings (SSSR count). The summed E-state index contributed by atoms with van der Waals surface area (Å²) < 4.78 is 0. The van der Waals surface area contributed by atoms with E-state index in [9.17, 15) is 0 Å². The normalized spacial score (nSPS) is 23.7. The Bertz CT molecular complexity index is 160. The maximum Gasteiger partial charge on any atom is -0.0115 e. The van der Waals surface area contributed by atoms with Crippen molar-refractivity contribution in [3.8, 4) is 0 Å². The van der Waals surface area contributed by atoms with Crippen molar-refractivity contribution >= 4 is 0 Å². The Labute approximate surface area is 83.4 Å². The van der Waals surface area contributed by atoms with Gasteiger partial charge in [0.2, 0.25) is 0 Å². The highest BCUT2D eigenvalue weighted by molar-refractivity contribution is 5.15. The molecule has 0 heterocycles. The molecule has 76 valence electrons. The maximum absolute atomic E-state index is 2.50. The van der Waals surface area contributed by atoms with E-state index < -0.39 is 0 Å². The Morgan fingerprint density at radius 2 is 1.08 bits per heavy atom. The topological polar surface area (TPSA) is 0 Å². The SMILES string of the molecule is CCC1(CC)C=CC(CC)(CC)C1. The molecular formula is C13H24. The van der Waals surface area contributed by atoms with Gasteiger partial charge in [-0.1, -0.05) is 39.8 Å². The summed E-state index contributed by atoms with van der Waals surface area (Å²) in [6.45, 7) is 9.31. The summed E-state index contributed by atoms with van der Waals surface area (Å²) in [7, 11) is 0. The molecule has 0 fully saturated rings. The quantitative estimate of drug-likeness (QED) is 0.556. The van der Waals surface area contributed by atoms with Crippen molar-refractivity contribution in [2.75, 3.05) is 0 Å². The third-order valence-corrected chi connectivity index (χ3v) is 4.31. The van der Waals surface area contributed by atoms with E-state index >= 15 is 0 Å². The van der Waals surface area contributed by atoms with Gasteiger partial charge in [0, 0.05) is 0 Å². The smallest absolute Gasteiger partial charge is 0.0115 e. The lowest BCUT2D eigenvalue weighted by Gasteiger charge is -2.32. The molecule has 0 unspecified atom stereocenters. The Kier molecular flexibility index (Phi) is 3.21. The van der Waals surface area contributed by atoms with E-state index in [4.69, 9.17) is 0 Å². The van der Waals surface area contributed by atoms with Crippen LogP contribution in [0.1, 0.15) is 59.8 Å². The molecule has 0 N–H and O–H groups in total. The van der Waals surface area contributed by atoms with Gasteiger partial charge >= 0.3 is 0 Å². The van der Waals surface area contributed by atoms with Gasteiger partial charge in [-0.2, -0.15) is 0 Å². The fourth-order valence-corrected chi connectivity index (χ4v) is 2.64. The minimum Gasteiger partial charge on any atom is -0.0817 e. The molecule has 0 amide bonds.